The van der Waals surface area contributed by atoms with Crippen LogP contribution >= 0.6 is 0 Å². The van der Waals surface area contributed by atoms with Crippen LogP contribution in [0.1, 0.15) is 16.7 Å². The molecule has 0 aliphatic carbocycles. The molecule has 0 aliphatic rings. The van der Waals surface area contributed by atoms with Crippen molar-refractivity contribution in [2.75, 3.05) is 7.11 Å². The van der Waals surface area contributed by atoms with E-state index in [1.54, 1.807) is 19.2 Å². The van der Waals surface area contributed by atoms with Crippen LogP contribution in [0, 0.1) is 11.8 Å². The summed E-state index contributed by atoms with van der Waals surface area (Å²) in [6, 6.07) is 20.8. The lowest BCUT2D eigenvalue weighted by molar-refractivity contribution is -0.137. The molecule has 0 radical (unpaired) electrons. The highest BCUT2D eigenvalue weighted by Gasteiger charge is 2.36. The van der Waals surface area contributed by atoms with E-state index in [0.29, 0.717) is 21.9 Å². The van der Waals surface area contributed by atoms with E-state index in [2.05, 4.69) is 11.8 Å². The molecule has 0 bridgehead atoms. The van der Waals surface area contributed by atoms with E-state index in [9.17, 15) is 13.2 Å². The molecule has 0 aliphatic heterocycles. The standard InChI is InChI=1S/C24H21F3OSi/c1-28-29(2,3)23-17-20(24(25,26)27)16-22(19-12-8-5-9-13-19)21(23)15-14-18-10-6-4-7-11-18/h4-13,16-17H,1-3H3. The summed E-state index contributed by atoms with van der Waals surface area (Å²) in [6.45, 7) is 3.76. The average molecular weight is 411 g/mol. The summed E-state index contributed by atoms with van der Waals surface area (Å²) < 4.78 is 46.7. The molecule has 1 nitrogen and oxygen atoms in total. The minimum atomic E-state index is -4.46. The molecule has 0 aromatic heterocycles. The van der Waals surface area contributed by atoms with Gasteiger partial charge in [-0.25, -0.2) is 0 Å². The molecule has 0 saturated heterocycles. The zero-order valence-corrected chi connectivity index (χ0v) is 17.5. The van der Waals surface area contributed by atoms with E-state index in [-0.39, 0.29) is 0 Å². The molecule has 148 valence electrons. The van der Waals surface area contributed by atoms with Crippen molar-refractivity contribution in [1.82, 2.24) is 0 Å². The highest BCUT2D eigenvalue weighted by atomic mass is 28.4. The summed E-state index contributed by atoms with van der Waals surface area (Å²) in [5.41, 5.74) is 1.87. The molecule has 3 aromatic rings. The molecule has 0 spiro atoms. The van der Waals surface area contributed by atoms with Crippen LogP contribution in [0.25, 0.3) is 11.1 Å². The Morgan fingerprint density at radius 1 is 0.828 bits per heavy atom. The molecule has 0 atom stereocenters. The molecule has 0 heterocycles. The van der Waals surface area contributed by atoms with E-state index in [4.69, 9.17) is 4.43 Å². The summed E-state index contributed by atoms with van der Waals surface area (Å²) in [4.78, 5) is 0. The monoisotopic (exact) mass is 410 g/mol. The van der Waals surface area contributed by atoms with Gasteiger partial charge in [0, 0.05) is 18.2 Å². The van der Waals surface area contributed by atoms with Crippen LogP contribution in [-0.2, 0) is 10.6 Å². The van der Waals surface area contributed by atoms with Crippen LogP contribution < -0.4 is 5.19 Å². The first-order valence-electron chi connectivity index (χ1n) is 9.16. The SMILES string of the molecule is CO[Si](C)(C)c1cc(C(F)(F)F)cc(-c2ccccc2)c1C#Cc1ccccc1. The molecule has 0 fully saturated rings. The quantitative estimate of drug-likeness (QED) is 0.390. The topological polar surface area (TPSA) is 9.23 Å². The van der Waals surface area contributed by atoms with Gasteiger partial charge in [0.05, 0.1) is 5.56 Å². The molecule has 0 N–H and O–H groups in total. The predicted octanol–water partition coefficient (Wildman–Crippen LogP) is 5.83. The Labute approximate surface area is 170 Å². The van der Waals surface area contributed by atoms with Crippen molar-refractivity contribution < 1.29 is 17.6 Å². The Kier molecular flexibility index (Phi) is 5.97. The molecular formula is C24H21F3OSi. The maximum Gasteiger partial charge on any atom is 0.416 e. The van der Waals surface area contributed by atoms with Gasteiger partial charge in [0.1, 0.15) is 0 Å². The van der Waals surface area contributed by atoms with Gasteiger partial charge in [0.25, 0.3) is 0 Å². The maximum absolute atomic E-state index is 13.7. The maximum atomic E-state index is 13.7. The fourth-order valence-electron chi connectivity index (χ4n) is 3.03. The van der Waals surface area contributed by atoms with Crippen molar-refractivity contribution >= 4 is 13.5 Å². The van der Waals surface area contributed by atoms with E-state index in [1.165, 1.54) is 12.1 Å². The van der Waals surface area contributed by atoms with Crippen molar-refractivity contribution in [2.24, 2.45) is 0 Å². The lowest BCUT2D eigenvalue weighted by atomic mass is 9.96. The molecule has 0 unspecified atom stereocenters. The molecule has 0 saturated carbocycles. The van der Waals surface area contributed by atoms with E-state index in [1.807, 2.05) is 61.6 Å². The van der Waals surface area contributed by atoms with Crippen molar-refractivity contribution in [1.29, 1.82) is 0 Å². The third-order valence-corrected chi connectivity index (χ3v) is 7.53. The Morgan fingerprint density at radius 2 is 1.41 bits per heavy atom. The number of hydrogen-bond acceptors (Lipinski definition) is 1. The van der Waals surface area contributed by atoms with Gasteiger partial charge in [-0.1, -0.05) is 60.4 Å². The first-order valence-corrected chi connectivity index (χ1v) is 12.1. The lowest BCUT2D eigenvalue weighted by Gasteiger charge is -2.25. The first-order chi connectivity index (χ1) is 13.7. The second-order valence-electron chi connectivity index (χ2n) is 7.14. The molecule has 0 amide bonds. The van der Waals surface area contributed by atoms with E-state index < -0.39 is 20.1 Å². The van der Waals surface area contributed by atoms with Gasteiger partial charge < -0.3 is 4.43 Å². The number of benzene rings is 3. The van der Waals surface area contributed by atoms with Crippen LogP contribution in [-0.4, -0.2) is 15.4 Å². The van der Waals surface area contributed by atoms with Crippen molar-refractivity contribution in [3.05, 3.63) is 89.5 Å². The largest absolute Gasteiger partial charge is 0.416 e. The Morgan fingerprint density at radius 3 is 1.97 bits per heavy atom. The van der Waals surface area contributed by atoms with Gasteiger partial charge in [-0.3, -0.25) is 0 Å². The smallest absolute Gasteiger partial charge is 0.416 e. The normalized spacial score (nSPS) is 11.7. The summed E-state index contributed by atoms with van der Waals surface area (Å²) in [5.74, 6) is 6.25. The highest BCUT2D eigenvalue weighted by molar-refractivity contribution is 6.85. The van der Waals surface area contributed by atoms with Crippen LogP contribution in [0.4, 0.5) is 13.2 Å². The van der Waals surface area contributed by atoms with Crippen molar-refractivity contribution in [2.45, 2.75) is 19.3 Å². The van der Waals surface area contributed by atoms with Gasteiger partial charge in [-0.15, -0.1) is 0 Å². The fourth-order valence-corrected chi connectivity index (χ4v) is 4.55. The van der Waals surface area contributed by atoms with Gasteiger partial charge in [0.2, 0.25) is 8.32 Å². The molecule has 29 heavy (non-hydrogen) atoms. The number of hydrogen-bond donors (Lipinski definition) is 0. The average Bonchev–Trinajstić information content (AvgIpc) is 2.72. The molecular weight excluding hydrogens is 389 g/mol. The van der Waals surface area contributed by atoms with Crippen LogP contribution in [0.2, 0.25) is 13.1 Å². The number of alkyl halides is 3. The minimum absolute atomic E-state index is 0.469. The second-order valence-corrected chi connectivity index (χ2v) is 11.1. The Balaban J connectivity index is 2.35. The van der Waals surface area contributed by atoms with Gasteiger partial charge in [-0.05, 0) is 53.7 Å². The van der Waals surface area contributed by atoms with Crippen LogP contribution in [0.5, 0.6) is 0 Å². The van der Waals surface area contributed by atoms with Crippen LogP contribution in [0.3, 0.4) is 0 Å². The van der Waals surface area contributed by atoms with Gasteiger partial charge in [-0.2, -0.15) is 13.2 Å². The minimum Gasteiger partial charge on any atom is -0.416 e. The zero-order chi connectivity index (χ0) is 21.1. The lowest BCUT2D eigenvalue weighted by Crippen LogP contribution is -2.46. The highest BCUT2D eigenvalue weighted by Crippen LogP contribution is 2.34. The second kappa shape index (κ2) is 8.28. The Bertz CT molecular complexity index is 1050. The number of rotatable bonds is 3. The summed E-state index contributed by atoms with van der Waals surface area (Å²) in [5, 5.41) is 0.539. The molecule has 3 aromatic carbocycles. The molecule has 5 heteroatoms. The summed E-state index contributed by atoms with van der Waals surface area (Å²) in [7, 11) is -1.07. The van der Waals surface area contributed by atoms with E-state index >= 15 is 0 Å². The third kappa shape index (κ3) is 4.79. The van der Waals surface area contributed by atoms with E-state index in [0.717, 1.165) is 5.56 Å². The summed E-state index contributed by atoms with van der Waals surface area (Å²) >= 11 is 0. The predicted molar refractivity (Wildman–Crippen MR) is 113 cm³/mol. The van der Waals surface area contributed by atoms with Gasteiger partial charge in [0.15, 0.2) is 0 Å². The number of halogens is 3. The van der Waals surface area contributed by atoms with Gasteiger partial charge >= 0.3 is 6.18 Å². The third-order valence-electron chi connectivity index (χ3n) is 4.82. The van der Waals surface area contributed by atoms with Crippen molar-refractivity contribution in [3.8, 4) is 23.0 Å². The fraction of sp³-hybridized carbons (Fsp3) is 0.167. The van der Waals surface area contributed by atoms with Crippen LogP contribution in [0.15, 0.2) is 72.8 Å². The zero-order valence-electron chi connectivity index (χ0n) is 16.5. The molecule has 3 rings (SSSR count). The summed E-state index contributed by atoms with van der Waals surface area (Å²) in [6.07, 6.45) is -4.46. The first kappa shape index (κ1) is 20.9. The Hall–Kier alpha value is -2.81. The van der Waals surface area contributed by atoms with Crippen molar-refractivity contribution in [3.63, 3.8) is 0 Å².